The third-order valence-electron chi connectivity index (χ3n) is 3.72. The second kappa shape index (κ2) is 4.95. The van der Waals surface area contributed by atoms with Gasteiger partial charge in [0.1, 0.15) is 5.82 Å². The van der Waals surface area contributed by atoms with Gasteiger partial charge in [0.05, 0.1) is 17.2 Å². The molecule has 2 rings (SSSR count). The predicted octanol–water partition coefficient (Wildman–Crippen LogP) is 1.59. The van der Waals surface area contributed by atoms with Crippen molar-refractivity contribution in [3.05, 3.63) is 29.8 Å². The number of carbonyl (C=O) groups is 2. The maximum atomic E-state index is 13.0. The maximum Gasteiger partial charge on any atom is 0.311 e. The molecule has 1 aliphatic rings. The fourth-order valence-electron chi connectivity index (χ4n) is 2.43. The number of hydrogen-bond acceptors (Lipinski definition) is 3. The highest BCUT2D eigenvalue weighted by Gasteiger charge is 2.45. The van der Waals surface area contributed by atoms with E-state index in [1.807, 2.05) is 0 Å². The van der Waals surface area contributed by atoms with E-state index in [4.69, 9.17) is 0 Å². The molecule has 0 saturated heterocycles. The number of aromatic nitrogens is 1. The molecule has 1 aromatic rings. The minimum absolute atomic E-state index is 0.0969. The van der Waals surface area contributed by atoms with Crippen LogP contribution in [0.15, 0.2) is 18.5 Å². The zero-order valence-electron chi connectivity index (χ0n) is 10.5. The van der Waals surface area contributed by atoms with Crippen LogP contribution in [0.1, 0.15) is 36.5 Å². The summed E-state index contributed by atoms with van der Waals surface area (Å²) in [6.45, 7) is 1.62. The normalized spacial score (nSPS) is 26.1. The second-order valence-corrected chi connectivity index (χ2v) is 5.03. The van der Waals surface area contributed by atoms with Crippen molar-refractivity contribution in [3.63, 3.8) is 0 Å². The van der Waals surface area contributed by atoms with E-state index < -0.39 is 29.2 Å². The Hall–Kier alpha value is -1.98. The zero-order valence-corrected chi connectivity index (χ0v) is 10.5. The molecule has 2 unspecified atom stereocenters. The minimum atomic E-state index is -0.962. The Morgan fingerprint density at radius 3 is 2.89 bits per heavy atom. The predicted molar refractivity (Wildman–Crippen MR) is 65.0 cm³/mol. The number of halogens is 1. The summed E-state index contributed by atoms with van der Waals surface area (Å²) >= 11 is 0. The summed E-state index contributed by atoms with van der Waals surface area (Å²) in [5.41, 5.74) is -0.865. The van der Waals surface area contributed by atoms with E-state index in [2.05, 4.69) is 10.3 Å². The lowest BCUT2D eigenvalue weighted by molar-refractivity contribution is -0.148. The van der Waals surface area contributed by atoms with Gasteiger partial charge in [-0.05, 0) is 25.8 Å². The van der Waals surface area contributed by atoms with E-state index in [1.165, 1.54) is 6.20 Å². The molecule has 0 radical (unpaired) electrons. The molecule has 1 aromatic heterocycles. The smallest absolute Gasteiger partial charge is 0.311 e. The molecule has 0 spiro atoms. The molecule has 0 bridgehead atoms. The van der Waals surface area contributed by atoms with Gasteiger partial charge in [-0.1, -0.05) is 6.42 Å². The van der Waals surface area contributed by atoms with Crippen LogP contribution < -0.4 is 5.32 Å². The molecule has 19 heavy (non-hydrogen) atoms. The van der Waals surface area contributed by atoms with Crippen molar-refractivity contribution in [2.75, 3.05) is 0 Å². The first-order valence-corrected chi connectivity index (χ1v) is 6.08. The zero-order chi connectivity index (χ0) is 14.0. The second-order valence-electron chi connectivity index (χ2n) is 5.03. The van der Waals surface area contributed by atoms with Gasteiger partial charge in [-0.3, -0.25) is 14.6 Å². The highest BCUT2D eigenvalue weighted by Crippen LogP contribution is 2.38. The quantitative estimate of drug-likeness (QED) is 0.870. The number of aliphatic carboxylic acids is 1. The van der Waals surface area contributed by atoms with Crippen LogP contribution in [0.4, 0.5) is 4.39 Å². The van der Waals surface area contributed by atoms with Gasteiger partial charge in [-0.15, -0.1) is 0 Å². The summed E-state index contributed by atoms with van der Waals surface area (Å²) in [7, 11) is 0. The van der Waals surface area contributed by atoms with Crippen LogP contribution in [0, 0.1) is 11.2 Å². The summed E-state index contributed by atoms with van der Waals surface area (Å²) in [6, 6.07) is 0.635. The number of nitrogens with one attached hydrogen (secondary N) is 1. The molecular formula is C13H15FN2O3. The molecule has 0 aromatic carbocycles. The summed E-state index contributed by atoms with van der Waals surface area (Å²) < 4.78 is 13.0. The number of rotatable bonds is 3. The molecule has 5 nitrogen and oxygen atoms in total. The Labute approximate surface area is 109 Å². The van der Waals surface area contributed by atoms with E-state index in [1.54, 1.807) is 6.92 Å². The monoisotopic (exact) mass is 266 g/mol. The van der Waals surface area contributed by atoms with Crippen LogP contribution in [-0.2, 0) is 4.79 Å². The molecule has 6 heteroatoms. The maximum absolute atomic E-state index is 13.0. The van der Waals surface area contributed by atoms with Crippen molar-refractivity contribution in [1.82, 2.24) is 10.3 Å². The van der Waals surface area contributed by atoms with E-state index in [0.717, 1.165) is 18.7 Å². The van der Waals surface area contributed by atoms with Crippen molar-refractivity contribution >= 4 is 11.9 Å². The number of hydrogen-bond donors (Lipinski definition) is 2. The Bertz CT molecular complexity index is 520. The van der Waals surface area contributed by atoms with Gasteiger partial charge in [0, 0.05) is 12.2 Å². The molecular weight excluding hydrogens is 251 g/mol. The molecule has 0 aliphatic heterocycles. The minimum Gasteiger partial charge on any atom is -0.481 e. The van der Waals surface area contributed by atoms with Gasteiger partial charge in [0.25, 0.3) is 5.91 Å². The highest BCUT2D eigenvalue weighted by atomic mass is 19.1. The fraction of sp³-hybridized carbons (Fsp3) is 0.462. The number of nitrogens with zero attached hydrogens (tertiary/aromatic N) is 1. The molecule has 1 amide bonds. The molecule has 1 heterocycles. The molecule has 1 aliphatic carbocycles. The van der Waals surface area contributed by atoms with Crippen molar-refractivity contribution in [1.29, 1.82) is 0 Å². The summed E-state index contributed by atoms with van der Waals surface area (Å²) in [5.74, 6) is -2.01. The van der Waals surface area contributed by atoms with E-state index >= 15 is 0 Å². The topological polar surface area (TPSA) is 79.3 Å². The van der Waals surface area contributed by atoms with Crippen LogP contribution in [0.5, 0.6) is 0 Å². The lowest BCUT2D eigenvalue weighted by Gasteiger charge is -2.27. The van der Waals surface area contributed by atoms with Gasteiger partial charge in [-0.2, -0.15) is 0 Å². The number of amides is 1. The van der Waals surface area contributed by atoms with Gasteiger partial charge in [-0.25, -0.2) is 4.39 Å². The molecule has 1 saturated carbocycles. The number of pyridine rings is 1. The summed E-state index contributed by atoms with van der Waals surface area (Å²) in [4.78, 5) is 26.8. The van der Waals surface area contributed by atoms with Gasteiger partial charge < -0.3 is 10.4 Å². The molecule has 102 valence electrons. The van der Waals surface area contributed by atoms with Crippen molar-refractivity contribution in [2.24, 2.45) is 5.41 Å². The SMILES string of the molecule is CC1(C(=O)O)CCCC1NC(=O)c1cncc(F)c1. The lowest BCUT2D eigenvalue weighted by atomic mass is 9.85. The van der Waals surface area contributed by atoms with Crippen molar-refractivity contribution in [3.8, 4) is 0 Å². The standard InChI is InChI=1S/C13H15FN2O3/c1-13(12(18)19)4-2-3-10(13)16-11(17)8-5-9(14)7-15-6-8/h5-7,10H,2-4H2,1H3,(H,16,17)(H,18,19). The Kier molecular flexibility index (Phi) is 3.50. The fourth-order valence-corrected chi connectivity index (χ4v) is 2.43. The highest BCUT2D eigenvalue weighted by molar-refractivity contribution is 5.94. The molecule has 2 atom stereocenters. The van der Waals surface area contributed by atoms with Crippen LogP contribution in [0.2, 0.25) is 0 Å². The lowest BCUT2D eigenvalue weighted by Crippen LogP contribution is -2.47. The van der Waals surface area contributed by atoms with Gasteiger partial charge in [0.2, 0.25) is 0 Å². The van der Waals surface area contributed by atoms with Gasteiger partial charge >= 0.3 is 5.97 Å². The first-order chi connectivity index (χ1) is 8.93. The number of carbonyl (C=O) groups excluding carboxylic acids is 1. The Balaban J connectivity index is 2.13. The van der Waals surface area contributed by atoms with Crippen LogP contribution in [0.25, 0.3) is 0 Å². The van der Waals surface area contributed by atoms with Crippen LogP contribution >= 0.6 is 0 Å². The average Bonchev–Trinajstić information content (AvgIpc) is 2.72. The van der Waals surface area contributed by atoms with Crippen LogP contribution in [0.3, 0.4) is 0 Å². The third kappa shape index (κ3) is 2.57. The molecule has 2 N–H and O–H groups in total. The van der Waals surface area contributed by atoms with Crippen LogP contribution in [-0.4, -0.2) is 28.0 Å². The summed E-state index contributed by atoms with van der Waals surface area (Å²) in [5, 5.41) is 11.9. The number of carboxylic acids is 1. The van der Waals surface area contributed by atoms with Crippen molar-refractivity contribution < 1.29 is 19.1 Å². The Morgan fingerprint density at radius 2 is 2.26 bits per heavy atom. The Morgan fingerprint density at radius 1 is 1.53 bits per heavy atom. The molecule has 1 fully saturated rings. The van der Waals surface area contributed by atoms with E-state index in [9.17, 15) is 19.1 Å². The van der Waals surface area contributed by atoms with E-state index in [-0.39, 0.29) is 5.56 Å². The van der Waals surface area contributed by atoms with Gasteiger partial charge in [0.15, 0.2) is 0 Å². The first-order valence-electron chi connectivity index (χ1n) is 6.08. The third-order valence-corrected chi connectivity index (χ3v) is 3.72. The summed E-state index contributed by atoms with van der Waals surface area (Å²) in [6.07, 6.45) is 4.14. The largest absolute Gasteiger partial charge is 0.481 e. The van der Waals surface area contributed by atoms with E-state index in [0.29, 0.717) is 12.8 Å². The average molecular weight is 266 g/mol. The van der Waals surface area contributed by atoms with Crippen molar-refractivity contribution in [2.45, 2.75) is 32.2 Å². The number of carboxylic acid groups (broad SMARTS) is 1. The first kappa shape index (κ1) is 13.5.